The van der Waals surface area contributed by atoms with E-state index < -0.39 is 10.0 Å². The maximum absolute atomic E-state index is 13.5. The third-order valence-electron chi connectivity index (χ3n) is 5.22. The smallest absolute Gasteiger partial charge is 0.268 e. The van der Waals surface area contributed by atoms with Gasteiger partial charge in [-0.05, 0) is 45.0 Å². The van der Waals surface area contributed by atoms with E-state index in [4.69, 9.17) is 4.52 Å². The van der Waals surface area contributed by atoms with Gasteiger partial charge in [0.05, 0.1) is 33.0 Å². The second-order valence-corrected chi connectivity index (χ2v) is 9.19. The summed E-state index contributed by atoms with van der Waals surface area (Å²) in [6.07, 6.45) is 3.30. The number of hydrogen-bond acceptors (Lipinski definition) is 6. The molecular formula is C22H19N5O3S. The van der Waals surface area contributed by atoms with E-state index in [1.165, 1.54) is 3.97 Å². The predicted molar refractivity (Wildman–Crippen MR) is 116 cm³/mol. The first-order valence-electron chi connectivity index (χ1n) is 9.63. The summed E-state index contributed by atoms with van der Waals surface area (Å²) in [4.78, 5) is 4.83. The van der Waals surface area contributed by atoms with E-state index >= 15 is 0 Å². The summed E-state index contributed by atoms with van der Waals surface area (Å²) in [5.74, 6) is 0.645. The Morgan fingerprint density at radius 1 is 1.06 bits per heavy atom. The molecule has 4 heterocycles. The lowest BCUT2D eigenvalue weighted by molar-refractivity contribution is 0.393. The number of rotatable bonds is 4. The van der Waals surface area contributed by atoms with Crippen molar-refractivity contribution < 1.29 is 12.9 Å². The molecule has 9 heteroatoms. The standard InChI is InChI=1S/C22H19N5O3S/c1-13-9-19(25-24-13)18-12-27(31(28,29)17-7-5-4-6-8-17)20-10-16(11-23-22(18)20)21-14(2)26-30-15(21)3/h4-12H,1-3H3,(H,24,25). The van der Waals surface area contributed by atoms with Gasteiger partial charge in [-0.1, -0.05) is 23.4 Å². The summed E-state index contributed by atoms with van der Waals surface area (Å²) in [7, 11) is -3.85. The van der Waals surface area contributed by atoms with E-state index in [1.54, 1.807) is 42.7 Å². The highest BCUT2D eigenvalue weighted by molar-refractivity contribution is 7.90. The maximum atomic E-state index is 13.5. The summed E-state index contributed by atoms with van der Waals surface area (Å²) in [5, 5.41) is 11.1. The highest BCUT2D eigenvalue weighted by atomic mass is 32.2. The minimum Gasteiger partial charge on any atom is -0.361 e. The van der Waals surface area contributed by atoms with E-state index in [2.05, 4.69) is 20.3 Å². The molecule has 5 rings (SSSR count). The van der Waals surface area contributed by atoms with Crippen molar-refractivity contribution in [2.24, 2.45) is 0 Å². The van der Waals surface area contributed by atoms with Gasteiger partial charge in [-0.3, -0.25) is 10.1 Å². The van der Waals surface area contributed by atoms with Crippen LogP contribution in [0.2, 0.25) is 0 Å². The number of aryl methyl sites for hydroxylation is 3. The number of pyridine rings is 1. The highest BCUT2D eigenvalue weighted by Gasteiger charge is 2.24. The van der Waals surface area contributed by atoms with Crippen molar-refractivity contribution in [1.82, 2.24) is 24.3 Å². The van der Waals surface area contributed by atoms with Gasteiger partial charge < -0.3 is 4.52 Å². The van der Waals surface area contributed by atoms with Crippen LogP contribution in [0.1, 0.15) is 17.1 Å². The molecule has 0 spiro atoms. The molecule has 8 nitrogen and oxygen atoms in total. The van der Waals surface area contributed by atoms with E-state index in [-0.39, 0.29) is 4.90 Å². The van der Waals surface area contributed by atoms with Crippen LogP contribution < -0.4 is 0 Å². The predicted octanol–water partition coefficient (Wildman–Crippen LogP) is 4.24. The highest BCUT2D eigenvalue weighted by Crippen LogP contribution is 2.35. The number of H-pyrrole nitrogens is 1. The number of aromatic amines is 1. The third-order valence-corrected chi connectivity index (χ3v) is 6.91. The molecule has 0 radical (unpaired) electrons. The number of nitrogens with one attached hydrogen (secondary N) is 1. The van der Waals surface area contributed by atoms with Gasteiger partial charge in [0.2, 0.25) is 0 Å². The Morgan fingerprint density at radius 2 is 1.84 bits per heavy atom. The third kappa shape index (κ3) is 3.05. The summed E-state index contributed by atoms with van der Waals surface area (Å²) < 4.78 is 33.6. The van der Waals surface area contributed by atoms with Crippen molar-refractivity contribution in [1.29, 1.82) is 0 Å². The first kappa shape index (κ1) is 19.3. The first-order valence-corrected chi connectivity index (χ1v) is 11.1. The summed E-state index contributed by atoms with van der Waals surface area (Å²) in [5.41, 5.74) is 5.42. The van der Waals surface area contributed by atoms with Gasteiger partial charge in [-0.2, -0.15) is 5.10 Å². The molecule has 0 aliphatic rings. The van der Waals surface area contributed by atoms with Gasteiger partial charge in [-0.15, -0.1) is 0 Å². The van der Waals surface area contributed by atoms with Gasteiger partial charge in [0, 0.05) is 29.1 Å². The monoisotopic (exact) mass is 433 g/mol. The van der Waals surface area contributed by atoms with Crippen LogP contribution in [0.25, 0.3) is 33.4 Å². The molecular weight excluding hydrogens is 414 g/mol. The molecule has 0 bridgehead atoms. The average molecular weight is 433 g/mol. The SMILES string of the molecule is Cc1cc(-c2cn(S(=O)(=O)c3ccccc3)c3cc(-c4c(C)noc4C)cnc23)[nH]n1. The van der Waals surface area contributed by atoms with Crippen LogP contribution >= 0.6 is 0 Å². The van der Waals surface area contributed by atoms with E-state index in [0.717, 1.165) is 16.8 Å². The molecule has 31 heavy (non-hydrogen) atoms. The van der Waals surface area contributed by atoms with Crippen molar-refractivity contribution in [2.45, 2.75) is 25.7 Å². The molecule has 0 aliphatic heterocycles. The van der Waals surface area contributed by atoms with Gasteiger partial charge >= 0.3 is 0 Å². The quantitative estimate of drug-likeness (QED) is 0.454. The zero-order chi connectivity index (χ0) is 21.8. The first-order chi connectivity index (χ1) is 14.9. The number of benzene rings is 1. The van der Waals surface area contributed by atoms with Gasteiger partial charge in [0.15, 0.2) is 0 Å². The molecule has 0 atom stereocenters. The Hall–Kier alpha value is -3.72. The molecule has 5 aromatic rings. The molecule has 4 aromatic heterocycles. The topological polar surface area (TPSA) is 107 Å². The van der Waals surface area contributed by atoms with Gasteiger partial charge in [-0.25, -0.2) is 12.4 Å². The second kappa shape index (κ2) is 6.92. The molecule has 0 unspecified atom stereocenters. The second-order valence-electron chi connectivity index (χ2n) is 7.37. The maximum Gasteiger partial charge on any atom is 0.268 e. The lowest BCUT2D eigenvalue weighted by atomic mass is 10.1. The van der Waals surface area contributed by atoms with E-state index in [9.17, 15) is 8.42 Å². The number of hydrogen-bond donors (Lipinski definition) is 1. The van der Waals surface area contributed by atoms with E-state index in [1.807, 2.05) is 32.9 Å². The van der Waals surface area contributed by atoms with Crippen molar-refractivity contribution in [2.75, 3.05) is 0 Å². The summed E-state index contributed by atoms with van der Waals surface area (Å²) >= 11 is 0. The minimum atomic E-state index is -3.85. The molecule has 0 fully saturated rings. The molecule has 0 amide bonds. The van der Waals surface area contributed by atoms with Crippen LogP contribution in [-0.2, 0) is 10.0 Å². The van der Waals surface area contributed by atoms with Crippen molar-refractivity contribution in [3.63, 3.8) is 0 Å². The Kier molecular flexibility index (Phi) is 4.30. The molecule has 156 valence electrons. The fraction of sp³-hybridized carbons (Fsp3) is 0.136. The lowest BCUT2D eigenvalue weighted by Gasteiger charge is -2.08. The van der Waals surface area contributed by atoms with Crippen molar-refractivity contribution in [3.8, 4) is 22.4 Å². The van der Waals surface area contributed by atoms with Crippen LogP contribution in [0, 0.1) is 20.8 Å². The van der Waals surface area contributed by atoms with Crippen LogP contribution in [0.5, 0.6) is 0 Å². The van der Waals surface area contributed by atoms with E-state index in [0.29, 0.717) is 33.7 Å². The Morgan fingerprint density at radius 3 is 2.48 bits per heavy atom. The summed E-state index contributed by atoms with van der Waals surface area (Å²) in [6.45, 7) is 5.52. The fourth-order valence-corrected chi connectivity index (χ4v) is 5.14. The zero-order valence-corrected chi connectivity index (χ0v) is 17.9. The van der Waals surface area contributed by atoms with Crippen LogP contribution in [0.4, 0.5) is 0 Å². The Labute approximate surface area is 178 Å². The van der Waals surface area contributed by atoms with Crippen molar-refractivity contribution in [3.05, 3.63) is 72.0 Å². The van der Waals surface area contributed by atoms with Crippen LogP contribution in [0.15, 0.2) is 64.3 Å². The number of fused-ring (bicyclic) bond motifs is 1. The largest absolute Gasteiger partial charge is 0.361 e. The Bertz CT molecular complexity index is 1510. The minimum absolute atomic E-state index is 0.196. The summed E-state index contributed by atoms with van der Waals surface area (Å²) in [6, 6.07) is 12.0. The Balaban J connectivity index is 1.82. The molecule has 0 aliphatic carbocycles. The van der Waals surface area contributed by atoms with Crippen molar-refractivity contribution >= 4 is 21.1 Å². The molecule has 0 saturated carbocycles. The number of aromatic nitrogens is 5. The number of nitrogens with zero attached hydrogens (tertiary/aromatic N) is 4. The normalized spacial score (nSPS) is 12.0. The molecule has 1 aromatic carbocycles. The molecule has 1 N–H and O–H groups in total. The van der Waals surface area contributed by atoms with Gasteiger partial charge in [0.1, 0.15) is 5.76 Å². The lowest BCUT2D eigenvalue weighted by Crippen LogP contribution is -2.11. The zero-order valence-electron chi connectivity index (χ0n) is 17.1. The van der Waals surface area contributed by atoms with Crippen LogP contribution in [0.3, 0.4) is 0 Å². The van der Waals surface area contributed by atoms with Crippen LogP contribution in [-0.4, -0.2) is 32.7 Å². The average Bonchev–Trinajstić information content (AvgIpc) is 3.45. The van der Waals surface area contributed by atoms with Gasteiger partial charge in [0.25, 0.3) is 10.0 Å². The molecule has 0 saturated heterocycles. The fourth-order valence-electron chi connectivity index (χ4n) is 3.77.